The highest BCUT2D eigenvalue weighted by molar-refractivity contribution is 6.02. The largest absolute Gasteiger partial charge is 0.478 e. The van der Waals surface area contributed by atoms with Crippen LogP contribution in [0.25, 0.3) is 0 Å². The summed E-state index contributed by atoms with van der Waals surface area (Å²) in [6.07, 6.45) is 0.570. The highest BCUT2D eigenvalue weighted by atomic mass is 16.4. The van der Waals surface area contributed by atoms with Crippen LogP contribution >= 0.6 is 0 Å². The van der Waals surface area contributed by atoms with Crippen LogP contribution in [0.4, 0.5) is 11.4 Å². The number of imide groups is 1. The molecule has 7 nitrogen and oxygen atoms in total. The topological polar surface area (TPSA) is 113 Å². The summed E-state index contributed by atoms with van der Waals surface area (Å²) < 4.78 is 0. The van der Waals surface area contributed by atoms with E-state index in [2.05, 4.69) is 5.32 Å². The number of anilines is 2. The van der Waals surface area contributed by atoms with Gasteiger partial charge in [-0.2, -0.15) is 0 Å². The molecule has 1 unspecified atom stereocenters. The van der Waals surface area contributed by atoms with E-state index in [0.29, 0.717) is 12.1 Å². The van der Waals surface area contributed by atoms with Crippen LogP contribution in [0.2, 0.25) is 0 Å². The van der Waals surface area contributed by atoms with Crippen molar-refractivity contribution in [2.24, 2.45) is 0 Å². The highest BCUT2D eigenvalue weighted by Gasteiger charge is 2.32. The standard InChI is InChI=1S/C13H15N3O4/c1-16-11(17)5-4-9(12(16)18)15-10-6-7(14)2-3-8(10)13(19)20/h2-3,6,9,15H,4-5,14H2,1H3,(H,19,20). The van der Waals surface area contributed by atoms with E-state index in [9.17, 15) is 14.4 Å². The zero-order valence-corrected chi connectivity index (χ0v) is 10.9. The number of amides is 2. The molecule has 20 heavy (non-hydrogen) atoms. The number of hydrogen-bond acceptors (Lipinski definition) is 5. The Morgan fingerprint density at radius 1 is 1.45 bits per heavy atom. The van der Waals surface area contributed by atoms with E-state index in [1.165, 1.54) is 25.2 Å². The predicted octanol–water partition coefficient (Wildman–Crippen LogP) is 0.526. The minimum atomic E-state index is -1.11. The van der Waals surface area contributed by atoms with Crippen molar-refractivity contribution in [1.29, 1.82) is 0 Å². The number of benzene rings is 1. The number of rotatable bonds is 3. The van der Waals surface area contributed by atoms with Crippen LogP contribution in [0, 0.1) is 0 Å². The first-order valence-corrected chi connectivity index (χ1v) is 6.10. The molecule has 1 aliphatic rings. The van der Waals surface area contributed by atoms with Gasteiger partial charge in [0.1, 0.15) is 6.04 Å². The maximum atomic E-state index is 12.0. The van der Waals surface area contributed by atoms with Crippen molar-refractivity contribution in [3.05, 3.63) is 23.8 Å². The Morgan fingerprint density at radius 3 is 2.80 bits per heavy atom. The molecule has 1 saturated heterocycles. The van der Waals surface area contributed by atoms with Crippen LogP contribution in [-0.4, -0.2) is 40.9 Å². The molecule has 4 N–H and O–H groups in total. The van der Waals surface area contributed by atoms with E-state index in [1.807, 2.05) is 0 Å². The Balaban J connectivity index is 2.26. The molecule has 2 rings (SSSR count). The van der Waals surface area contributed by atoms with Crippen molar-refractivity contribution in [3.63, 3.8) is 0 Å². The molecule has 7 heteroatoms. The van der Waals surface area contributed by atoms with Gasteiger partial charge >= 0.3 is 5.97 Å². The third-order valence-corrected chi connectivity index (χ3v) is 3.25. The maximum Gasteiger partial charge on any atom is 0.337 e. The first-order valence-electron chi connectivity index (χ1n) is 6.10. The summed E-state index contributed by atoms with van der Waals surface area (Å²) in [5, 5.41) is 12.0. The normalized spacial score (nSPS) is 19.1. The van der Waals surface area contributed by atoms with Crippen molar-refractivity contribution in [2.45, 2.75) is 18.9 Å². The molecule has 0 saturated carbocycles. The van der Waals surface area contributed by atoms with Crippen molar-refractivity contribution >= 4 is 29.2 Å². The van der Waals surface area contributed by atoms with E-state index in [1.54, 1.807) is 0 Å². The number of carbonyl (C=O) groups is 3. The molecular formula is C13H15N3O4. The number of aromatic carboxylic acids is 1. The minimum absolute atomic E-state index is 0.0338. The van der Waals surface area contributed by atoms with E-state index in [0.717, 1.165) is 4.90 Å². The van der Waals surface area contributed by atoms with Crippen molar-refractivity contribution < 1.29 is 19.5 Å². The van der Waals surface area contributed by atoms with Gasteiger partial charge in [0.25, 0.3) is 5.91 Å². The first-order chi connectivity index (χ1) is 9.40. The van der Waals surface area contributed by atoms with Gasteiger partial charge in [-0.25, -0.2) is 4.79 Å². The number of carboxylic acids is 1. The second-order valence-electron chi connectivity index (χ2n) is 4.64. The number of nitrogen functional groups attached to an aromatic ring is 1. The lowest BCUT2D eigenvalue weighted by molar-refractivity contribution is -0.146. The summed E-state index contributed by atoms with van der Waals surface area (Å²) in [4.78, 5) is 35.6. The third-order valence-electron chi connectivity index (χ3n) is 3.25. The summed E-state index contributed by atoms with van der Waals surface area (Å²) in [5.41, 5.74) is 6.34. The molecule has 1 heterocycles. The van der Waals surface area contributed by atoms with Gasteiger partial charge in [-0.05, 0) is 24.6 Å². The molecule has 0 radical (unpaired) electrons. The zero-order chi connectivity index (χ0) is 14.9. The van der Waals surface area contributed by atoms with Gasteiger partial charge in [-0.3, -0.25) is 14.5 Å². The summed E-state index contributed by atoms with van der Waals surface area (Å²) in [6.45, 7) is 0. The Hall–Kier alpha value is -2.57. The average molecular weight is 277 g/mol. The molecule has 1 fully saturated rings. The molecule has 0 aromatic heterocycles. The number of likely N-dealkylation sites (tertiary alicyclic amines) is 1. The Kier molecular flexibility index (Phi) is 3.60. The van der Waals surface area contributed by atoms with Gasteiger partial charge in [-0.15, -0.1) is 0 Å². The average Bonchev–Trinajstić information content (AvgIpc) is 2.39. The number of piperidine rings is 1. The van der Waals surface area contributed by atoms with Crippen LogP contribution < -0.4 is 11.1 Å². The second kappa shape index (κ2) is 5.20. The van der Waals surface area contributed by atoms with Crippen LogP contribution in [-0.2, 0) is 9.59 Å². The predicted molar refractivity (Wildman–Crippen MR) is 72.2 cm³/mol. The highest BCUT2D eigenvalue weighted by Crippen LogP contribution is 2.23. The molecule has 0 spiro atoms. The summed E-state index contributed by atoms with van der Waals surface area (Å²) in [6, 6.07) is 3.69. The number of nitrogens with zero attached hydrogens (tertiary/aromatic N) is 1. The monoisotopic (exact) mass is 277 g/mol. The van der Waals surface area contributed by atoms with Gasteiger partial charge in [0.05, 0.1) is 11.3 Å². The minimum Gasteiger partial charge on any atom is -0.478 e. The summed E-state index contributed by atoms with van der Waals surface area (Å²) in [5.74, 6) is -1.72. The molecule has 2 amide bonds. The number of nitrogens with one attached hydrogen (secondary N) is 1. The zero-order valence-electron chi connectivity index (χ0n) is 10.9. The Labute approximate surface area is 115 Å². The number of carbonyl (C=O) groups excluding carboxylic acids is 2. The fraction of sp³-hybridized carbons (Fsp3) is 0.308. The number of carboxylic acid groups (broad SMARTS) is 1. The first kappa shape index (κ1) is 13.9. The lowest BCUT2D eigenvalue weighted by Crippen LogP contribution is -2.48. The van der Waals surface area contributed by atoms with Crippen LogP contribution in [0.1, 0.15) is 23.2 Å². The number of nitrogens with two attached hydrogens (primary N) is 1. The molecular weight excluding hydrogens is 262 g/mol. The summed E-state index contributed by atoms with van der Waals surface area (Å²) >= 11 is 0. The van der Waals surface area contributed by atoms with Crippen LogP contribution in [0.3, 0.4) is 0 Å². The van der Waals surface area contributed by atoms with Crippen molar-refractivity contribution in [2.75, 3.05) is 18.1 Å². The fourth-order valence-corrected chi connectivity index (χ4v) is 2.11. The number of hydrogen-bond donors (Lipinski definition) is 3. The molecule has 1 atom stereocenters. The fourth-order valence-electron chi connectivity index (χ4n) is 2.11. The third kappa shape index (κ3) is 2.56. The Bertz CT molecular complexity index is 585. The van der Waals surface area contributed by atoms with Crippen molar-refractivity contribution in [3.8, 4) is 0 Å². The summed E-state index contributed by atoms with van der Waals surface area (Å²) in [7, 11) is 1.41. The Morgan fingerprint density at radius 2 is 2.15 bits per heavy atom. The van der Waals surface area contributed by atoms with E-state index in [-0.39, 0.29) is 29.5 Å². The van der Waals surface area contributed by atoms with Crippen molar-refractivity contribution in [1.82, 2.24) is 4.90 Å². The van der Waals surface area contributed by atoms with Gasteiger partial charge in [0.15, 0.2) is 0 Å². The molecule has 0 aliphatic carbocycles. The lowest BCUT2D eigenvalue weighted by atomic mass is 10.0. The van der Waals surface area contributed by atoms with Crippen LogP contribution in [0.15, 0.2) is 18.2 Å². The second-order valence-corrected chi connectivity index (χ2v) is 4.64. The smallest absolute Gasteiger partial charge is 0.337 e. The van der Waals surface area contributed by atoms with E-state index < -0.39 is 12.0 Å². The molecule has 1 aromatic carbocycles. The van der Waals surface area contributed by atoms with Gasteiger partial charge < -0.3 is 16.2 Å². The molecule has 106 valence electrons. The van der Waals surface area contributed by atoms with Gasteiger partial charge in [0.2, 0.25) is 5.91 Å². The maximum absolute atomic E-state index is 12.0. The molecule has 1 aromatic rings. The molecule has 0 bridgehead atoms. The van der Waals surface area contributed by atoms with Gasteiger partial charge in [0, 0.05) is 19.2 Å². The SMILES string of the molecule is CN1C(=O)CCC(Nc2cc(N)ccc2C(=O)O)C1=O. The quantitative estimate of drug-likeness (QED) is 0.548. The van der Waals surface area contributed by atoms with Crippen LogP contribution in [0.5, 0.6) is 0 Å². The number of likely N-dealkylation sites (N-methyl/N-ethyl adjacent to an activating group) is 1. The van der Waals surface area contributed by atoms with E-state index >= 15 is 0 Å². The van der Waals surface area contributed by atoms with E-state index in [4.69, 9.17) is 10.8 Å². The molecule has 1 aliphatic heterocycles. The lowest BCUT2D eigenvalue weighted by Gasteiger charge is -2.29. The van der Waals surface area contributed by atoms with Gasteiger partial charge in [-0.1, -0.05) is 0 Å².